The predicted octanol–water partition coefficient (Wildman–Crippen LogP) is 2.75. The number of rotatable bonds is 6. The van der Waals surface area contributed by atoms with Crippen molar-refractivity contribution in [1.29, 1.82) is 0 Å². The van der Waals surface area contributed by atoms with Crippen LogP contribution in [0.5, 0.6) is 0 Å². The zero-order valence-electron chi connectivity index (χ0n) is 11.4. The minimum absolute atomic E-state index is 0.260. The molecule has 0 aliphatic heterocycles. The fourth-order valence-corrected chi connectivity index (χ4v) is 2.10. The number of pyridine rings is 1. The first-order valence-electron chi connectivity index (χ1n) is 6.44. The Balaban J connectivity index is 2.40. The molecule has 2 aromatic heterocycles. The van der Waals surface area contributed by atoms with Crippen molar-refractivity contribution >= 4 is 32.9 Å². The zero-order chi connectivity index (χ0) is 14.5. The second kappa shape index (κ2) is 6.81. The summed E-state index contributed by atoms with van der Waals surface area (Å²) < 4.78 is 12.8. The summed E-state index contributed by atoms with van der Waals surface area (Å²) in [5.74, 6) is -0.452. The Labute approximate surface area is 125 Å². The van der Waals surface area contributed by atoms with Gasteiger partial charge in [0.2, 0.25) is 0 Å². The van der Waals surface area contributed by atoms with Crippen molar-refractivity contribution < 1.29 is 14.3 Å². The maximum atomic E-state index is 11.9. The first kappa shape index (κ1) is 14.9. The summed E-state index contributed by atoms with van der Waals surface area (Å²) in [4.78, 5) is 16.2. The van der Waals surface area contributed by atoms with E-state index in [0.29, 0.717) is 24.2 Å². The molecule has 0 fully saturated rings. The monoisotopic (exact) mass is 341 g/mol. The van der Waals surface area contributed by atoms with Gasteiger partial charge in [-0.05, 0) is 35.3 Å². The molecule has 108 valence electrons. The number of halogens is 1. The standard InChI is InChI=1S/C13H16BrN3O3/c1-3-5-19-8-17-12-10(6-9(14)7-15-12)11(16-17)13(18)20-4-2/h6-7H,3-5,8H2,1-2H3. The normalized spacial score (nSPS) is 10.9. The number of carbonyl (C=O) groups is 1. The van der Waals surface area contributed by atoms with Crippen molar-refractivity contribution in [2.45, 2.75) is 27.0 Å². The average molecular weight is 342 g/mol. The number of fused-ring (bicyclic) bond motifs is 1. The number of carbonyl (C=O) groups excluding carboxylic acids is 1. The van der Waals surface area contributed by atoms with Crippen LogP contribution in [-0.4, -0.2) is 33.9 Å². The van der Waals surface area contributed by atoms with Gasteiger partial charge in [-0.25, -0.2) is 14.5 Å². The molecule has 0 bridgehead atoms. The van der Waals surface area contributed by atoms with Gasteiger partial charge in [0.1, 0.15) is 6.73 Å². The van der Waals surface area contributed by atoms with Crippen LogP contribution in [0.3, 0.4) is 0 Å². The van der Waals surface area contributed by atoms with Crippen LogP contribution in [0, 0.1) is 0 Å². The van der Waals surface area contributed by atoms with E-state index in [2.05, 4.69) is 26.0 Å². The quantitative estimate of drug-likeness (QED) is 0.597. The summed E-state index contributed by atoms with van der Waals surface area (Å²) in [5, 5.41) is 4.91. The molecule has 0 atom stereocenters. The Morgan fingerprint density at radius 2 is 2.25 bits per heavy atom. The molecule has 2 rings (SSSR count). The molecular formula is C13H16BrN3O3. The van der Waals surface area contributed by atoms with Crippen LogP contribution in [0.25, 0.3) is 11.0 Å². The minimum atomic E-state index is -0.452. The third kappa shape index (κ3) is 3.16. The molecule has 7 heteroatoms. The van der Waals surface area contributed by atoms with Gasteiger partial charge in [-0.15, -0.1) is 0 Å². The second-order valence-corrected chi connectivity index (χ2v) is 5.05. The number of aromatic nitrogens is 3. The Bertz CT molecular complexity index is 612. The second-order valence-electron chi connectivity index (χ2n) is 4.13. The van der Waals surface area contributed by atoms with Crippen LogP contribution in [0.4, 0.5) is 0 Å². The number of nitrogens with zero attached hydrogens (tertiary/aromatic N) is 3. The molecule has 2 aromatic rings. The highest BCUT2D eigenvalue weighted by atomic mass is 79.9. The molecule has 0 saturated heterocycles. The van der Waals surface area contributed by atoms with Crippen LogP contribution >= 0.6 is 15.9 Å². The van der Waals surface area contributed by atoms with E-state index in [1.165, 1.54) is 0 Å². The SMILES string of the molecule is CCCOCn1nc(C(=O)OCC)c2cc(Br)cnc21. The van der Waals surface area contributed by atoms with Gasteiger partial charge in [0.05, 0.1) is 12.0 Å². The highest BCUT2D eigenvalue weighted by Crippen LogP contribution is 2.21. The number of ether oxygens (including phenoxy) is 2. The van der Waals surface area contributed by atoms with Crippen molar-refractivity contribution in [3.63, 3.8) is 0 Å². The highest BCUT2D eigenvalue weighted by Gasteiger charge is 2.19. The maximum absolute atomic E-state index is 11.9. The Hall–Kier alpha value is -1.47. The molecule has 0 unspecified atom stereocenters. The van der Waals surface area contributed by atoms with Gasteiger partial charge < -0.3 is 9.47 Å². The average Bonchev–Trinajstić information content (AvgIpc) is 2.77. The highest BCUT2D eigenvalue weighted by molar-refractivity contribution is 9.10. The first-order chi connectivity index (χ1) is 9.67. The van der Waals surface area contributed by atoms with Crippen molar-refractivity contribution in [2.24, 2.45) is 0 Å². The van der Waals surface area contributed by atoms with Gasteiger partial charge in [0.15, 0.2) is 11.3 Å². The summed E-state index contributed by atoms with van der Waals surface area (Å²) in [5.41, 5.74) is 0.864. The van der Waals surface area contributed by atoms with Crippen molar-refractivity contribution in [3.8, 4) is 0 Å². The molecule has 0 saturated carbocycles. The topological polar surface area (TPSA) is 66.2 Å². The van der Waals surface area contributed by atoms with Crippen LogP contribution in [0.2, 0.25) is 0 Å². The van der Waals surface area contributed by atoms with Gasteiger partial charge in [-0.2, -0.15) is 5.10 Å². The molecule has 20 heavy (non-hydrogen) atoms. The summed E-state index contributed by atoms with van der Waals surface area (Å²) in [6, 6.07) is 1.80. The molecule has 2 heterocycles. The van der Waals surface area contributed by atoms with Gasteiger partial charge in [0, 0.05) is 17.3 Å². The Kier molecular flexibility index (Phi) is 5.08. The van der Waals surface area contributed by atoms with E-state index < -0.39 is 5.97 Å². The van der Waals surface area contributed by atoms with Gasteiger partial charge >= 0.3 is 5.97 Å². The van der Waals surface area contributed by atoms with Gasteiger partial charge in [-0.1, -0.05) is 6.92 Å². The Morgan fingerprint density at radius 1 is 1.45 bits per heavy atom. The third-order valence-electron chi connectivity index (χ3n) is 2.58. The van der Waals surface area contributed by atoms with E-state index >= 15 is 0 Å². The van der Waals surface area contributed by atoms with Crippen LogP contribution in [0.15, 0.2) is 16.7 Å². The first-order valence-corrected chi connectivity index (χ1v) is 7.23. The fourth-order valence-electron chi connectivity index (χ4n) is 1.77. The van der Waals surface area contributed by atoms with Crippen LogP contribution in [-0.2, 0) is 16.2 Å². The van der Waals surface area contributed by atoms with Crippen LogP contribution < -0.4 is 0 Å². The molecule has 0 amide bonds. The third-order valence-corrected chi connectivity index (χ3v) is 3.02. The minimum Gasteiger partial charge on any atom is -0.461 e. The zero-order valence-corrected chi connectivity index (χ0v) is 13.0. The lowest BCUT2D eigenvalue weighted by molar-refractivity contribution is 0.0510. The van der Waals surface area contributed by atoms with Gasteiger partial charge in [-0.3, -0.25) is 0 Å². The predicted molar refractivity (Wildman–Crippen MR) is 77.4 cm³/mol. The summed E-state index contributed by atoms with van der Waals surface area (Å²) in [7, 11) is 0. The molecule has 0 N–H and O–H groups in total. The lowest BCUT2D eigenvalue weighted by Gasteiger charge is -2.03. The largest absolute Gasteiger partial charge is 0.461 e. The van der Waals surface area contributed by atoms with Crippen LogP contribution in [0.1, 0.15) is 30.8 Å². The number of hydrogen-bond acceptors (Lipinski definition) is 5. The van der Waals surface area contributed by atoms with E-state index in [0.717, 1.165) is 10.9 Å². The smallest absolute Gasteiger partial charge is 0.359 e. The van der Waals surface area contributed by atoms with Crippen molar-refractivity contribution in [2.75, 3.05) is 13.2 Å². The number of hydrogen-bond donors (Lipinski definition) is 0. The van der Waals surface area contributed by atoms with E-state index in [4.69, 9.17) is 9.47 Å². The van der Waals surface area contributed by atoms with Crippen molar-refractivity contribution in [1.82, 2.24) is 14.8 Å². The van der Waals surface area contributed by atoms with Crippen molar-refractivity contribution in [3.05, 3.63) is 22.4 Å². The summed E-state index contributed by atoms with van der Waals surface area (Å²) >= 11 is 3.34. The summed E-state index contributed by atoms with van der Waals surface area (Å²) in [6.07, 6.45) is 2.58. The molecule has 0 aliphatic carbocycles. The molecule has 6 nitrogen and oxygen atoms in total. The lowest BCUT2D eigenvalue weighted by atomic mass is 10.2. The molecule has 0 aromatic carbocycles. The molecular weight excluding hydrogens is 326 g/mol. The Morgan fingerprint density at radius 3 is 2.95 bits per heavy atom. The lowest BCUT2D eigenvalue weighted by Crippen LogP contribution is -2.09. The van der Waals surface area contributed by atoms with E-state index in [1.54, 1.807) is 23.9 Å². The fraction of sp³-hybridized carbons (Fsp3) is 0.462. The van der Waals surface area contributed by atoms with E-state index in [9.17, 15) is 4.79 Å². The molecule has 0 radical (unpaired) electrons. The number of esters is 1. The van der Waals surface area contributed by atoms with E-state index in [1.807, 2.05) is 6.92 Å². The maximum Gasteiger partial charge on any atom is 0.359 e. The molecule has 0 spiro atoms. The van der Waals surface area contributed by atoms with E-state index in [-0.39, 0.29) is 12.4 Å². The van der Waals surface area contributed by atoms with Gasteiger partial charge in [0.25, 0.3) is 0 Å². The molecule has 0 aliphatic rings. The summed E-state index contributed by atoms with van der Waals surface area (Å²) in [6.45, 7) is 4.99.